The van der Waals surface area contributed by atoms with Crippen LogP contribution in [0.3, 0.4) is 0 Å². The van der Waals surface area contributed by atoms with Crippen LogP contribution in [0.25, 0.3) is 0 Å². The molecule has 3 heteroatoms. The summed E-state index contributed by atoms with van der Waals surface area (Å²) in [6.45, 7) is 1.01. The Hall–Kier alpha value is -2.03. The molecule has 0 fully saturated rings. The van der Waals surface area contributed by atoms with Gasteiger partial charge in [0.25, 0.3) is 0 Å². The van der Waals surface area contributed by atoms with Crippen LogP contribution < -0.4 is 10.6 Å². The van der Waals surface area contributed by atoms with Crippen LogP contribution in [0.15, 0.2) is 42.6 Å². The fraction of sp³-hybridized carbons (Fsp3) is 0.214. The van der Waals surface area contributed by atoms with E-state index in [1.54, 1.807) is 6.20 Å². The number of hydrogen-bond donors (Lipinski definition) is 1. The van der Waals surface area contributed by atoms with Gasteiger partial charge < -0.3 is 10.6 Å². The Morgan fingerprint density at radius 3 is 2.94 bits per heavy atom. The van der Waals surface area contributed by atoms with Gasteiger partial charge in [0.05, 0.1) is 0 Å². The molecule has 0 amide bonds. The molecule has 2 N–H and O–H groups in total. The Bertz CT molecular complexity index is 536. The van der Waals surface area contributed by atoms with Gasteiger partial charge in [0, 0.05) is 30.2 Å². The lowest BCUT2D eigenvalue weighted by atomic mass is 10.0. The maximum absolute atomic E-state index is 5.82. The number of nitrogen functional groups attached to an aromatic ring is 1. The van der Waals surface area contributed by atoms with Gasteiger partial charge in [0.1, 0.15) is 5.82 Å². The van der Waals surface area contributed by atoms with Gasteiger partial charge in [-0.25, -0.2) is 4.98 Å². The normalized spacial score (nSPS) is 14.5. The lowest BCUT2D eigenvalue weighted by Crippen LogP contribution is -2.25. The molecule has 0 saturated carbocycles. The van der Waals surface area contributed by atoms with Crippen LogP contribution in [0, 0.1) is 0 Å². The van der Waals surface area contributed by atoms with E-state index < -0.39 is 0 Å². The summed E-state index contributed by atoms with van der Waals surface area (Å²) in [5.74, 6) is 0.942. The molecule has 0 bridgehead atoms. The minimum atomic E-state index is 0.762. The Morgan fingerprint density at radius 1 is 1.18 bits per heavy atom. The minimum absolute atomic E-state index is 0.762. The SMILES string of the molecule is Nc1ccnc(N2CCCc3ccccc32)c1. The molecule has 86 valence electrons. The second kappa shape index (κ2) is 4.09. The van der Waals surface area contributed by atoms with Crippen molar-refractivity contribution in [1.82, 2.24) is 4.98 Å². The topological polar surface area (TPSA) is 42.1 Å². The lowest BCUT2D eigenvalue weighted by molar-refractivity contribution is 0.760. The Morgan fingerprint density at radius 2 is 2.06 bits per heavy atom. The Balaban J connectivity index is 2.06. The zero-order valence-corrected chi connectivity index (χ0v) is 9.63. The van der Waals surface area contributed by atoms with E-state index in [2.05, 4.69) is 34.1 Å². The molecule has 0 aliphatic carbocycles. The second-order valence-corrected chi connectivity index (χ2v) is 4.33. The van der Waals surface area contributed by atoms with E-state index in [1.165, 1.54) is 11.3 Å². The zero-order chi connectivity index (χ0) is 11.7. The third-order valence-corrected chi connectivity index (χ3v) is 3.16. The number of hydrogen-bond acceptors (Lipinski definition) is 3. The summed E-state index contributed by atoms with van der Waals surface area (Å²) < 4.78 is 0. The van der Waals surface area contributed by atoms with Crippen molar-refractivity contribution in [2.24, 2.45) is 0 Å². The molecule has 0 unspecified atom stereocenters. The molecular weight excluding hydrogens is 210 g/mol. The fourth-order valence-electron chi connectivity index (χ4n) is 2.35. The number of nitrogens with zero attached hydrogens (tertiary/aromatic N) is 2. The van der Waals surface area contributed by atoms with Crippen LogP contribution in [0.5, 0.6) is 0 Å². The quantitative estimate of drug-likeness (QED) is 0.811. The van der Waals surface area contributed by atoms with Crippen molar-refractivity contribution >= 4 is 17.2 Å². The van der Waals surface area contributed by atoms with E-state index in [4.69, 9.17) is 5.73 Å². The highest BCUT2D eigenvalue weighted by Crippen LogP contribution is 2.32. The van der Waals surface area contributed by atoms with Gasteiger partial charge in [-0.1, -0.05) is 18.2 Å². The summed E-state index contributed by atoms with van der Waals surface area (Å²) in [5, 5.41) is 0. The lowest BCUT2D eigenvalue weighted by Gasteiger charge is -2.30. The summed E-state index contributed by atoms with van der Waals surface area (Å²) in [6.07, 6.45) is 4.07. The molecule has 1 aliphatic rings. The number of pyridine rings is 1. The maximum atomic E-state index is 5.82. The average molecular weight is 225 g/mol. The van der Waals surface area contributed by atoms with E-state index in [-0.39, 0.29) is 0 Å². The standard InChI is InChI=1S/C14H15N3/c15-12-7-8-16-14(10-12)17-9-3-5-11-4-1-2-6-13(11)17/h1-2,4,6-8,10H,3,5,9H2,(H2,15,16). The predicted molar refractivity (Wildman–Crippen MR) is 70.4 cm³/mol. The van der Waals surface area contributed by atoms with E-state index in [9.17, 15) is 0 Å². The molecule has 1 aromatic carbocycles. The third kappa shape index (κ3) is 1.84. The zero-order valence-electron chi connectivity index (χ0n) is 9.63. The van der Waals surface area contributed by atoms with Crippen molar-refractivity contribution in [1.29, 1.82) is 0 Å². The molecule has 1 aliphatic heterocycles. The molecule has 1 aromatic heterocycles. The van der Waals surface area contributed by atoms with Gasteiger partial charge in [-0.15, -0.1) is 0 Å². The highest BCUT2D eigenvalue weighted by atomic mass is 15.2. The predicted octanol–water partition coefficient (Wildman–Crippen LogP) is 2.75. The fourth-order valence-corrected chi connectivity index (χ4v) is 2.35. The van der Waals surface area contributed by atoms with Crippen molar-refractivity contribution in [3.05, 3.63) is 48.2 Å². The highest BCUT2D eigenvalue weighted by molar-refractivity contribution is 5.67. The third-order valence-electron chi connectivity index (χ3n) is 3.16. The number of rotatable bonds is 1. The van der Waals surface area contributed by atoms with Crippen molar-refractivity contribution in [2.75, 3.05) is 17.2 Å². The van der Waals surface area contributed by atoms with E-state index in [0.717, 1.165) is 30.9 Å². The summed E-state index contributed by atoms with van der Waals surface area (Å²) in [4.78, 5) is 6.65. The monoisotopic (exact) mass is 225 g/mol. The number of nitrogens with two attached hydrogens (primary N) is 1. The molecule has 0 radical (unpaired) electrons. The van der Waals surface area contributed by atoms with Crippen LogP contribution in [0.2, 0.25) is 0 Å². The molecule has 0 saturated heterocycles. The first-order valence-corrected chi connectivity index (χ1v) is 5.91. The summed E-state index contributed by atoms with van der Waals surface area (Å²) >= 11 is 0. The van der Waals surface area contributed by atoms with Crippen LogP contribution in [-0.2, 0) is 6.42 Å². The second-order valence-electron chi connectivity index (χ2n) is 4.33. The van der Waals surface area contributed by atoms with Crippen molar-refractivity contribution in [3.63, 3.8) is 0 Å². The van der Waals surface area contributed by atoms with E-state index in [0.29, 0.717) is 0 Å². The molecule has 0 spiro atoms. The van der Waals surface area contributed by atoms with E-state index in [1.807, 2.05) is 12.1 Å². The molecular formula is C14H15N3. The molecule has 3 rings (SSSR count). The van der Waals surface area contributed by atoms with Gasteiger partial charge in [-0.3, -0.25) is 0 Å². The van der Waals surface area contributed by atoms with Gasteiger partial charge in [0.2, 0.25) is 0 Å². The number of aromatic nitrogens is 1. The number of aryl methyl sites for hydroxylation is 1. The molecule has 0 atom stereocenters. The van der Waals surface area contributed by atoms with Crippen LogP contribution in [0.4, 0.5) is 17.2 Å². The number of para-hydroxylation sites is 1. The average Bonchev–Trinajstić information content (AvgIpc) is 2.38. The van der Waals surface area contributed by atoms with Gasteiger partial charge in [-0.2, -0.15) is 0 Å². The first-order chi connectivity index (χ1) is 8.34. The van der Waals surface area contributed by atoms with Gasteiger partial charge in [-0.05, 0) is 30.5 Å². The number of anilines is 3. The smallest absolute Gasteiger partial charge is 0.134 e. The largest absolute Gasteiger partial charge is 0.399 e. The molecule has 3 nitrogen and oxygen atoms in total. The first kappa shape index (κ1) is 10.1. The summed E-state index contributed by atoms with van der Waals surface area (Å²) in [6, 6.07) is 12.3. The van der Waals surface area contributed by atoms with Crippen LogP contribution in [-0.4, -0.2) is 11.5 Å². The molecule has 2 heterocycles. The van der Waals surface area contributed by atoms with Crippen molar-refractivity contribution in [3.8, 4) is 0 Å². The number of benzene rings is 1. The first-order valence-electron chi connectivity index (χ1n) is 5.91. The molecule has 17 heavy (non-hydrogen) atoms. The summed E-state index contributed by atoms with van der Waals surface area (Å²) in [7, 11) is 0. The van der Waals surface area contributed by atoms with Gasteiger partial charge in [0.15, 0.2) is 0 Å². The van der Waals surface area contributed by atoms with E-state index >= 15 is 0 Å². The number of fused-ring (bicyclic) bond motifs is 1. The van der Waals surface area contributed by atoms with Crippen LogP contribution in [0.1, 0.15) is 12.0 Å². The summed E-state index contributed by atoms with van der Waals surface area (Å²) in [5.41, 5.74) is 9.23. The van der Waals surface area contributed by atoms with Crippen molar-refractivity contribution < 1.29 is 0 Å². The molecule has 2 aromatic rings. The van der Waals surface area contributed by atoms with Crippen LogP contribution >= 0.6 is 0 Å². The Kier molecular flexibility index (Phi) is 2.44. The Labute approximate surface area is 101 Å². The van der Waals surface area contributed by atoms with Crippen molar-refractivity contribution in [2.45, 2.75) is 12.8 Å². The minimum Gasteiger partial charge on any atom is -0.399 e. The van der Waals surface area contributed by atoms with Gasteiger partial charge >= 0.3 is 0 Å². The maximum Gasteiger partial charge on any atom is 0.134 e. The highest BCUT2D eigenvalue weighted by Gasteiger charge is 2.18.